The van der Waals surface area contributed by atoms with Gasteiger partial charge in [-0.15, -0.1) is 10.2 Å². The lowest BCUT2D eigenvalue weighted by Crippen LogP contribution is -2.19. The Morgan fingerprint density at radius 1 is 1.06 bits per heavy atom. The number of carbonyl (C=O) groups excluding carboxylic acids is 1. The van der Waals surface area contributed by atoms with Crippen molar-refractivity contribution in [2.24, 2.45) is 5.10 Å². The second-order valence-corrected chi connectivity index (χ2v) is 8.56. The van der Waals surface area contributed by atoms with Crippen LogP contribution in [0.25, 0.3) is 23.2 Å². The first kappa shape index (κ1) is 24.6. The van der Waals surface area contributed by atoms with E-state index in [4.69, 9.17) is 0 Å². The van der Waals surface area contributed by atoms with Crippen molar-refractivity contribution in [2.45, 2.75) is 12.1 Å². The molecular weight excluding hydrogens is 476 g/mol. The van der Waals surface area contributed by atoms with Gasteiger partial charge in [0, 0.05) is 23.5 Å². The summed E-state index contributed by atoms with van der Waals surface area (Å²) in [5.41, 5.74) is 5.84. The summed E-state index contributed by atoms with van der Waals surface area (Å²) in [4.78, 5) is 23.0. The van der Waals surface area contributed by atoms with Crippen molar-refractivity contribution < 1.29 is 9.72 Å². The third-order valence-electron chi connectivity index (χ3n) is 5.05. The van der Waals surface area contributed by atoms with Crippen LogP contribution in [0.4, 0.5) is 5.69 Å². The molecule has 4 aromatic rings. The summed E-state index contributed by atoms with van der Waals surface area (Å²) in [7, 11) is 0. The molecule has 10 heteroatoms. The second kappa shape index (κ2) is 11.7. The van der Waals surface area contributed by atoms with Crippen LogP contribution in [0.1, 0.15) is 11.1 Å². The zero-order chi connectivity index (χ0) is 25.3. The van der Waals surface area contributed by atoms with Gasteiger partial charge in [-0.1, -0.05) is 71.9 Å². The molecule has 0 atom stereocenters. The largest absolute Gasteiger partial charge is 0.276 e. The molecule has 0 spiro atoms. The van der Waals surface area contributed by atoms with Crippen molar-refractivity contribution >= 4 is 35.6 Å². The van der Waals surface area contributed by atoms with E-state index in [0.29, 0.717) is 16.5 Å². The number of hydrazone groups is 1. The van der Waals surface area contributed by atoms with Crippen LogP contribution < -0.4 is 5.43 Å². The number of rotatable bonds is 9. The van der Waals surface area contributed by atoms with Crippen molar-refractivity contribution in [3.8, 4) is 17.1 Å². The van der Waals surface area contributed by atoms with Crippen LogP contribution in [0, 0.1) is 17.0 Å². The third kappa shape index (κ3) is 6.10. The van der Waals surface area contributed by atoms with E-state index in [2.05, 4.69) is 20.7 Å². The van der Waals surface area contributed by atoms with Crippen LogP contribution in [0.5, 0.6) is 0 Å². The van der Waals surface area contributed by atoms with E-state index in [0.717, 1.165) is 16.8 Å². The topological polar surface area (TPSA) is 115 Å². The lowest BCUT2D eigenvalue weighted by molar-refractivity contribution is -0.385. The van der Waals surface area contributed by atoms with Crippen molar-refractivity contribution in [3.05, 3.63) is 106 Å². The van der Waals surface area contributed by atoms with E-state index >= 15 is 0 Å². The lowest BCUT2D eigenvalue weighted by Gasteiger charge is -2.10. The number of carbonyl (C=O) groups is 1. The number of aromatic nitrogens is 3. The highest BCUT2D eigenvalue weighted by molar-refractivity contribution is 7.99. The molecule has 0 saturated heterocycles. The van der Waals surface area contributed by atoms with Crippen molar-refractivity contribution in [1.29, 1.82) is 0 Å². The maximum atomic E-state index is 12.3. The van der Waals surface area contributed by atoms with Crippen molar-refractivity contribution in [2.75, 3.05) is 5.75 Å². The minimum Gasteiger partial charge on any atom is -0.272 e. The van der Waals surface area contributed by atoms with Crippen LogP contribution in [-0.4, -0.2) is 37.6 Å². The first-order valence-electron chi connectivity index (χ1n) is 11.0. The number of benzene rings is 3. The average molecular weight is 499 g/mol. The molecule has 0 bridgehead atoms. The minimum atomic E-state index is -0.450. The van der Waals surface area contributed by atoms with E-state index < -0.39 is 4.92 Å². The molecule has 4 rings (SSSR count). The number of nitrogens with zero attached hydrogens (tertiary/aromatic N) is 5. The maximum Gasteiger partial charge on any atom is 0.276 e. The fourth-order valence-electron chi connectivity index (χ4n) is 3.32. The van der Waals surface area contributed by atoms with Crippen LogP contribution in [0.3, 0.4) is 0 Å². The van der Waals surface area contributed by atoms with Gasteiger partial charge in [0.15, 0.2) is 11.0 Å². The van der Waals surface area contributed by atoms with E-state index in [1.807, 2.05) is 66.1 Å². The van der Waals surface area contributed by atoms with Gasteiger partial charge in [0.05, 0.1) is 16.2 Å². The van der Waals surface area contributed by atoms with Crippen molar-refractivity contribution in [3.63, 3.8) is 0 Å². The summed E-state index contributed by atoms with van der Waals surface area (Å²) in [5.74, 6) is 0.432. The lowest BCUT2D eigenvalue weighted by atomic mass is 10.1. The number of thioether (sulfide) groups is 1. The molecule has 0 saturated carbocycles. The summed E-state index contributed by atoms with van der Waals surface area (Å²) in [6.45, 7) is 2.02. The van der Waals surface area contributed by atoms with E-state index in [1.165, 1.54) is 30.1 Å². The van der Waals surface area contributed by atoms with Crippen LogP contribution in [0.15, 0.2) is 95.2 Å². The predicted molar refractivity (Wildman–Crippen MR) is 141 cm³/mol. The van der Waals surface area contributed by atoms with Gasteiger partial charge in [-0.3, -0.25) is 19.5 Å². The Morgan fingerprint density at radius 3 is 2.53 bits per heavy atom. The third-order valence-corrected chi connectivity index (χ3v) is 5.98. The Hall–Kier alpha value is -4.57. The predicted octanol–water partition coefficient (Wildman–Crippen LogP) is 5.06. The Balaban J connectivity index is 1.42. The number of aryl methyl sites for hydroxylation is 1. The molecule has 36 heavy (non-hydrogen) atoms. The summed E-state index contributed by atoms with van der Waals surface area (Å²) in [6, 6.07) is 24.1. The Kier molecular flexibility index (Phi) is 7.99. The zero-order valence-electron chi connectivity index (χ0n) is 19.3. The molecular formula is C26H22N6O3S. The van der Waals surface area contributed by atoms with Gasteiger partial charge in [-0.05, 0) is 37.3 Å². The van der Waals surface area contributed by atoms with Crippen LogP contribution in [0.2, 0.25) is 0 Å². The number of nitrogens with one attached hydrogen (secondary N) is 1. The first-order chi connectivity index (χ1) is 17.5. The van der Waals surface area contributed by atoms with Gasteiger partial charge in [0.25, 0.3) is 11.6 Å². The standard InChI is InChI=1S/C26H22N6O3S/c1-19-13-15-21(16-14-19)25-29-30-26(31(25)22-10-3-2-4-11-22)36-18-24(33)28-27-17-7-9-20-8-5-6-12-23(20)32(34)35/h2-17H,18H2,1H3,(H,28,33)/b9-7-,27-17+. The molecule has 0 aliphatic carbocycles. The number of amides is 1. The summed E-state index contributed by atoms with van der Waals surface area (Å²) in [5, 5.41) is 24.2. The molecule has 9 nitrogen and oxygen atoms in total. The van der Waals surface area contributed by atoms with Gasteiger partial charge in [-0.2, -0.15) is 5.10 Å². The fourth-order valence-corrected chi connectivity index (χ4v) is 4.06. The van der Waals surface area contributed by atoms with E-state index in [9.17, 15) is 14.9 Å². The highest BCUT2D eigenvalue weighted by atomic mass is 32.2. The molecule has 0 fully saturated rings. The molecule has 1 N–H and O–H groups in total. The van der Waals surface area contributed by atoms with Gasteiger partial charge in [0.1, 0.15) is 0 Å². The van der Waals surface area contributed by atoms with Crippen LogP contribution >= 0.6 is 11.8 Å². The monoisotopic (exact) mass is 498 g/mol. The number of nitro benzene ring substituents is 1. The molecule has 180 valence electrons. The average Bonchev–Trinajstić information content (AvgIpc) is 3.32. The fraction of sp³-hybridized carbons (Fsp3) is 0.0769. The number of nitro groups is 1. The summed E-state index contributed by atoms with van der Waals surface area (Å²) in [6.07, 6.45) is 4.44. The quantitative estimate of drug-likeness (QED) is 0.149. The molecule has 1 heterocycles. The Morgan fingerprint density at radius 2 is 1.78 bits per heavy atom. The van der Waals surface area contributed by atoms with Crippen LogP contribution in [-0.2, 0) is 4.79 Å². The molecule has 0 radical (unpaired) electrons. The summed E-state index contributed by atoms with van der Waals surface area (Å²) < 4.78 is 1.92. The van der Waals surface area contributed by atoms with Gasteiger partial charge in [0.2, 0.25) is 0 Å². The minimum absolute atomic E-state index is 0.00452. The van der Waals surface area contributed by atoms with E-state index in [1.54, 1.807) is 24.3 Å². The highest BCUT2D eigenvalue weighted by Crippen LogP contribution is 2.28. The second-order valence-electron chi connectivity index (χ2n) is 7.62. The zero-order valence-corrected chi connectivity index (χ0v) is 20.1. The molecule has 0 unspecified atom stereocenters. The molecule has 1 aromatic heterocycles. The van der Waals surface area contributed by atoms with E-state index in [-0.39, 0.29) is 17.3 Å². The maximum absolute atomic E-state index is 12.3. The highest BCUT2D eigenvalue weighted by Gasteiger charge is 2.17. The van der Waals surface area contributed by atoms with Gasteiger partial charge in [-0.25, -0.2) is 5.43 Å². The SMILES string of the molecule is Cc1ccc(-c2nnc(SCC(=O)N/N=C/C=C\c3ccccc3[N+](=O)[O-])n2-c2ccccc2)cc1. The molecule has 3 aromatic carbocycles. The normalized spacial score (nSPS) is 11.2. The molecule has 1 amide bonds. The smallest absolute Gasteiger partial charge is 0.272 e. The van der Waals surface area contributed by atoms with Gasteiger partial charge < -0.3 is 0 Å². The van der Waals surface area contributed by atoms with Crippen molar-refractivity contribution in [1.82, 2.24) is 20.2 Å². The van der Waals surface area contributed by atoms with Gasteiger partial charge >= 0.3 is 0 Å². The number of hydrogen-bond donors (Lipinski definition) is 1. The number of allylic oxidation sites excluding steroid dienone is 1. The first-order valence-corrected chi connectivity index (χ1v) is 11.9. The number of para-hydroxylation sites is 2. The molecule has 0 aliphatic heterocycles. The number of hydrogen-bond acceptors (Lipinski definition) is 7. The Labute approximate surface area is 211 Å². The summed E-state index contributed by atoms with van der Waals surface area (Å²) >= 11 is 1.24. The Bertz CT molecular complexity index is 1420. The molecule has 0 aliphatic rings.